The summed E-state index contributed by atoms with van der Waals surface area (Å²) in [6, 6.07) is 6.26. The van der Waals surface area contributed by atoms with Crippen LogP contribution < -0.4 is 0 Å². The number of hydrogen-bond donors (Lipinski definition) is 0. The van der Waals surface area contributed by atoms with E-state index in [2.05, 4.69) is 29.5 Å². The molecule has 1 aromatic carbocycles. The molecule has 0 amide bonds. The van der Waals surface area contributed by atoms with Crippen LogP contribution in [0.5, 0.6) is 0 Å². The molecule has 1 saturated heterocycles. The zero-order valence-electron chi connectivity index (χ0n) is 8.19. The molecular formula is C11H13NOS. The lowest BCUT2D eigenvalue weighted by Crippen LogP contribution is -2.01. The minimum absolute atomic E-state index is 0.234. The number of rotatable bonds is 0. The van der Waals surface area contributed by atoms with Crippen LogP contribution in [-0.4, -0.2) is 9.96 Å². The number of fused-ring (bicyclic) bond motifs is 3. The highest BCUT2D eigenvalue weighted by atomic mass is 32.2. The summed E-state index contributed by atoms with van der Waals surface area (Å²) in [6.07, 6.45) is 2.12. The van der Waals surface area contributed by atoms with Crippen LogP contribution >= 0.6 is 0 Å². The van der Waals surface area contributed by atoms with Crippen molar-refractivity contribution in [1.29, 1.82) is 0 Å². The molecule has 2 unspecified atom stereocenters. The molecule has 2 aliphatic rings. The molecule has 0 N–H and O–H groups in total. The molecule has 3 heteroatoms. The maximum atomic E-state index is 12.3. The largest absolute Gasteiger partial charge is 0.249 e. The Balaban J connectivity index is 2.27. The van der Waals surface area contributed by atoms with Gasteiger partial charge in [0.25, 0.3) is 0 Å². The predicted octanol–water partition coefficient (Wildman–Crippen LogP) is 2.94. The highest BCUT2D eigenvalue weighted by Crippen LogP contribution is 2.47. The number of hydrogen-bond acceptors (Lipinski definition) is 2. The average Bonchev–Trinajstić information content (AvgIpc) is 2.57. The average molecular weight is 207 g/mol. The van der Waals surface area contributed by atoms with Gasteiger partial charge in [-0.2, -0.15) is 4.36 Å². The van der Waals surface area contributed by atoms with Crippen molar-refractivity contribution in [3.63, 3.8) is 0 Å². The Labute approximate surface area is 84.5 Å². The van der Waals surface area contributed by atoms with Gasteiger partial charge in [0, 0.05) is 5.75 Å². The van der Waals surface area contributed by atoms with E-state index in [1.54, 1.807) is 0 Å². The second-order valence-electron chi connectivity index (χ2n) is 4.18. The first-order valence-corrected chi connectivity index (χ1v) is 6.78. The van der Waals surface area contributed by atoms with E-state index in [9.17, 15) is 4.21 Å². The van der Waals surface area contributed by atoms with Crippen LogP contribution in [0.3, 0.4) is 0 Å². The highest BCUT2D eigenvalue weighted by molar-refractivity contribution is 7.94. The lowest BCUT2D eigenvalue weighted by atomic mass is 10.0. The molecule has 0 bridgehead atoms. The third-order valence-electron chi connectivity index (χ3n) is 3.13. The lowest BCUT2D eigenvalue weighted by molar-refractivity contribution is 0.675. The predicted molar refractivity (Wildman–Crippen MR) is 58.3 cm³/mol. The van der Waals surface area contributed by atoms with Gasteiger partial charge in [-0.25, -0.2) is 4.21 Å². The molecule has 0 aromatic heterocycles. The van der Waals surface area contributed by atoms with Gasteiger partial charge in [0.05, 0.1) is 20.7 Å². The van der Waals surface area contributed by atoms with Gasteiger partial charge in [-0.3, -0.25) is 0 Å². The third kappa shape index (κ3) is 0.989. The molecule has 2 aliphatic heterocycles. The molecule has 0 radical (unpaired) electrons. The maximum Gasteiger partial charge on any atom is 0.0777 e. The molecule has 14 heavy (non-hydrogen) atoms. The first-order valence-electron chi connectivity index (χ1n) is 5.03. The van der Waals surface area contributed by atoms with Crippen LogP contribution in [0.1, 0.15) is 29.2 Å². The Bertz CT molecular complexity index is 512. The molecule has 3 rings (SSSR count). The molecule has 0 aliphatic carbocycles. The van der Waals surface area contributed by atoms with Gasteiger partial charge >= 0.3 is 0 Å². The van der Waals surface area contributed by atoms with Gasteiger partial charge in [-0.1, -0.05) is 12.1 Å². The first-order chi connectivity index (χ1) is 6.69. The van der Waals surface area contributed by atoms with Crippen LogP contribution in [0.25, 0.3) is 0 Å². The summed E-state index contributed by atoms with van der Waals surface area (Å²) in [7, 11) is -1.91. The Morgan fingerprint density at radius 1 is 1.50 bits per heavy atom. The molecule has 2 nitrogen and oxygen atoms in total. The Hall–Kier alpha value is -0.830. The summed E-state index contributed by atoms with van der Waals surface area (Å²) in [5.74, 6) is 0.797. The Morgan fingerprint density at radius 2 is 2.36 bits per heavy atom. The van der Waals surface area contributed by atoms with Crippen LogP contribution in [0.15, 0.2) is 22.6 Å². The fourth-order valence-corrected chi connectivity index (χ4v) is 5.14. The first kappa shape index (κ1) is 8.48. The standard InChI is InChI=1S/C11H13NOS/c1-8-4-5-9-10(7-8)12-14(13)6-2-3-11(9)14/h4-5,7,11H,2-3,6H2,1H3. The van der Waals surface area contributed by atoms with E-state index in [1.807, 2.05) is 0 Å². The van der Waals surface area contributed by atoms with Crippen LogP contribution in [0, 0.1) is 6.92 Å². The lowest BCUT2D eigenvalue weighted by Gasteiger charge is -2.05. The minimum atomic E-state index is -1.91. The van der Waals surface area contributed by atoms with Crippen molar-refractivity contribution in [2.24, 2.45) is 4.36 Å². The van der Waals surface area contributed by atoms with Crippen molar-refractivity contribution in [2.75, 3.05) is 5.75 Å². The van der Waals surface area contributed by atoms with Gasteiger partial charge in [0.2, 0.25) is 0 Å². The molecule has 1 fully saturated rings. The number of nitrogens with zero attached hydrogens (tertiary/aromatic N) is 1. The molecule has 2 atom stereocenters. The molecular weight excluding hydrogens is 194 g/mol. The van der Waals surface area contributed by atoms with E-state index in [-0.39, 0.29) is 5.25 Å². The smallest absolute Gasteiger partial charge is 0.0777 e. The molecule has 2 heterocycles. The fourth-order valence-electron chi connectivity index (χ4n) is 2.44. The zero-order chi connectivity index (χ0) is 9.76. The maximum absolute atomic E-state index is 12.3. The van der Waals surface area contributed by atoms with Crippen LogP contribution in [-0.2, 0) is 9.73 Å². The van der Waals surface area contributed by atoms with E-state index < -0.39 is 9.73 Å². The SMILES string of the molecule is Cc1ccc2c(c1)N=S1(=O)CCCC21. The van der Waals surface area contributed by atoms with Crippen LogP contribution in [0.4, 0.5) is 5.69 Å². The van der Waals surface area contributed by atoms with Crippen molar-refractivity contribution in [1.82, 2.24) is 0 Å². The summed E-state index contributed by atoms with van der Waals surface area (Å²) in [5.41, 5.74) is 3.41. The molecule has 1 aromatic rings. The summed E-state index contributed by atoms with van der Waals surface area (Å²) >= 11 is 0. The molecule has 74 valence electrons. The van der Waals surface area contributed by atoms with E-state index in [0.29, 0.717) is 0 Å². The zero-order valence-corrected chi connectivity index (χ0v) is 9.01. The third-order valence-corrected chi connectivity index (χ3v) is 5.89. The fraction of sp³-hybridized carbons (Fsp3) is 0.455. The summed E-state index contributed by atoms with van der Waals surface area (Å²) in [4.78, 5) is 0. The van der Waals surface area contributed by atoms with Gasteiger partial charge in [-0.15, -0.1) is 0 Å². The summed E-state index contributed by atoms with van der Waals surface area (Å²) < 4.78 is 16.8. The van der Waals surface area contributed by atoms with Crippen molar-refractivity contribution >= 4 is 15.4 Å². The number of benzene rings is 1. The molecule has 0 saturated carbocycles. The van der Waals surface area contributed by atoms with Crippen molar-refractivity contribution in [3.8, 4) is 0 Å². The quantitative estimate of drug-likeness (QED) is 0.643. The van der Waals surface area contributed by atoms with Crippen molar-refractivity contribution in [3.05, 3.63) is 29.3 Å². The van der Waals surface area contributed by atoms with Crippen molar-refractivity contribution < 1.29 is 4.21 Å². The Morgan fingerprint density at radius 3 is 3.21 bits per heavy atom. The minimum Gasteiger partial charge on any atom is -0.249 e. The Kier molecular flexibility index (Phi) is 1.57. The van der Waals surface area contributed by atoms with Gasteiger partial charge in [0.1, 0.15) is 0 Å². The van der Waals surface area contributed by atoms with Gasteiger partial charge < -0.3 is 0 Å². The normalized spacial score (nSPS) is 33.6. The second kappa shape index (κ2) is 2.60. The van der Waals surface area contributed by atoms with Gasteiger partial charge in [0.15, 0.2) is 0 Å². The number of aryl methyl sites for hydroxylation is 1. The molecule has 0 spiro atoms. The topological polar surface area (TPSA) is 29.4 Å². The van der Waals surface area contributed by atoms with Crippen LogP contribution in [0.2, 0.25) is 0 Å². The van der Waals surface area contributed by atoms with E-state index in [0.717, 1.165) is 24.3 Å². The highest BCUT2D eigenvalue weighted by Gasteiger charge is 2.36. The summed E-state index contributed by atoms with van der Waals surface area (Å²) in [5, 5.41) is 0.234. The van der Waals surface area contributed by atoms with E-state index in [1.165, 1.54) is 11.1 Å². The van der Waals surface area contributed by atoms with Gasteiger partial charge in [-0.05, 0) is 37.0 Å². The van der Waals surface area contributed by atoms with Crippen molar-refractivity contribution in [2.45, 2.75) is 25.0 Å². The monoisotopic (exact) mass is 207 g/mol. The van der Waals surface area contributed by atoms with E-state index in [4.69, 9.17) is 0 Å². The summed E-state index contributed by atoms with van der Waals surface area (Å²) in [6.45, 7) is 2.05. The second-order valence-corrected chi connectivity index (χ2v) is 6.72. The van der Waals surface area contributed by atoms with E-state index >= 15 is 0 Å².